The Bertz CT molecular complexity index is 450. The van der Waals surface area contributed by atoms with Crippen molar-refractivity contribution >= 4 is 17.1 Å². The topological polar surface area (TPSA) is 42.9 Å². The van der Waals surface area contributed by atoms with Crippen molar-refractivity contribution in [3.05, 3.63) is 46.2 Å². The number of hydrogen-bond donors (Lipinski definition) is 0. The van der Waals surface area contributed by atoms with Crippen LogP contribution >= 0.6 is 11.3 Å². The number of aromatic nitrogens is 2. The maximum atomic E-state index is 11.8. The summed E-state index contributed by atoms with van der Waals surface area (Å²) >= 11 is 1.56. The molecule has 0 spiro atoms. The van der Waals surface area contributed by atoms with E-state index >= 15 is 0 Å². The van der Waals surface area contributed by atoms with Gasteiger partial charge in [-0.25, -0.2) is 9.97 Å². The molecule has 3 nitrogen and oxygen atoms in total. The first kappa shape index (κ1) is 9.02. The van der Waals surface area contributed by atoms with Crippen LogP contribution in [0.5, 0.6) is 0 Å². The summed E-state index contributed by atoms with van der Waals surface area (Å²) in [5, 5.41) is 1.91. The van der Waals surface area contributed by atoms with Crippen molar-refractivity contribution in [3.8, 4) is 0 Å². The largest absolute Gasteiger partial charge is 0.287 e. The molecule has 0 aliphatic heterocycles. The second kappa shape index (κ2) is 3.67. The van der Waals surface area contributed by atoms with Crippen LogP contribution in [-0.4, -0.2) is 15.8 Å². The third kappa shape index (κ3) is 1.56. The predicted octanol–water partition coefficient (Wildman–Crippen LogP) is 2.08. The first-order valence-corrected chi connectivity index (χ1v) is 5.02. The minimum Gasteiger partial charge on any atom is -0.287 e. The van der Waals surface area contributed by atoms with Gasteiger partial charge in [-0.1, -0.05) is 0 Å². The Balaban J connectivity index is 2.39. The summed E-state index contributed by atoms with van der Waals surface area (Å²) in [4.78, 5) is 20.6. The molecule has 0 saturated heterocycles. The van der Waals surface area contributed by atoms with E-state index in [-0.39, 0.29) is 5.78 Å². The summed E-state index contributed by atoms with van der Waals surface area (Å²) in [6.45, 7) is 1.93. The minimum absolute atomic E-state index is 0.0360. The first-order chi connectivity index (χ1) is 6.79. The number of carbonyl (C=O) groups excluding carboxylic acids is 1. The summed E-state index contributed by atoms with van der Waals surface area (Å²) < 4.78 is 0. The van der Waals surface area contributed by atoms with Gasteiger partial charge >= 0.3 is 0 Å². The van der Waals surface area contributed by atoms with Gasteiger partial charge in [0.15, 0.2) is 0 Å². The molecule has 0 saturated carbocycles. The third-order valence-electron chi connectivity index (χ3n) is 1.92. The average Bonchev–Trinajstić information content (AvgIpc) is 2.65. The van der Waals surface area contributed by atoms with Gasteiger partial charge in [-0.05, 0) is 24.4 Å². The molecular weight excluding hydrogens is 196 g/mol. The van der Waals surface area contributed by atoms with Gasteiger partial charge in [0.2, 0.25) is 5.78 Å². The Labute approximate surface area is 85.5 Å². The Morgan fingerprint density at radius 1 is 1.43 bits per heavy atom. The van der Waals surface area contributed by atoms with Crippen molar-refractivity contribution in [3.63, 3.8) is 0 Å². The van der Waals surface area contributed by atoms with Crippen LogP contribution in [0.25, 0.3) is 0 Å². The Morgan fingerprint density at radius 2 is 2.29 bits per heavy atom. The number of aryl methyl sites for hydroxylation is 1. The standard InChI is InChI=1S/C10H8N2OS/c1-7-8(3-5-14-7)10(13)9-2-4-11-6-12-9/h2-6H,1H3. The fourth-order valence-corrected chi connectivity index (χ4v) is 1.88. The maximum Gasteiger partial charge on any atom is 0.212 e. The second-order valence-electron chi connectivity index (χ2n) is 2.81. The van der Waals surface area contributed by atoms with E-state index in [2.05, 4.69) is 9.97 Å². The fraction of sp³-hybridized carbons (Fsp3) is 0.100. The molecule has 0 aliphatic carbocycles. The van der Waals surface area contributed by atoms with Gasteiger partial charge in [-0.15, -0.1) is 11.3 Å². The molecule has 0 fully saturated rings. The van der Waals surface area contributed by atoms with Crippen LogP contribution in [0, 0.1) is 6.92 Å². The summed E-state index contributed by atoms with van der Waals surface area (Å²) in [7, 11) is 0. The van der Waals surface area contributed by atoms with Crippen molar-refractivity contribution in [2.45, 2.75) is 6.92 Å². The fourth-order valence-electron chi connectivity index (χ4n) is 1.18. The number of hydrogen-bond acceptors (Lipinski definition) is 4. The Hall–Kier alpha value is -1.55. The molecule has 0 radical (unpaired) electrons. The molecule has 0 amide bonds. The lowest BCUT2D eigenvalue weighted by atomic mass is 10.1. The second-order valence-corrected chi connectivity index (χ2v) is 3.93. The molecule has 0 unspecified atom stereocenters. The molecule has 2 aromatic rings. The third-order valence-corrected chi connectivity index (χ3v) is 2.76. The predicted molar refractivity (Wildman–Crippen MR) is 54.5 cm³/mol. The zero-order valence-corrected chi connectivity index (χ0v) is 8.41. The van der Waals surface area contributed by atoms with Gasteiger partial charge in [0.05, 0.1) is 0 Å². The molecule has 0 aliphatic rings. The normalized spacial score (nSPS) is 10.1. The summed E-state index contributed by atoms with van der Waals surface area (Å²) in [5.41, 5.74) is 1.18. The molecule has 4 heteroatoms. The SMILES string of the molecule is Cc1sccc1C(=O)c1ccncn1. The van der Waals surface area contributed by atoms with E-state index < -0.39 is 0 Å². The quantitative estimate of drug-likeness (QED) is 0.703. The molecule has 14 heavy (non-hydrogen) atoms. The van der Waals surface area contributed by atoms with Crippen molar-refractivity contribution in [2.75, 3.05) is 0 Å². The summed E-state index contributed by atoms with van der Waals surface area (Å²) in [6.07, 6.45) is 2.96. The maximum absolute atomic E-state index is 11.8. The zero-order chi connectivity index (χ0) is 9.97. The monoisotopic (exact) mass is 204 g/mol. The highest BCUT2D eigenvalue weighted by Gasteiger charge is 2.12. The molecule has 2 rings (SSSR count). The van der Waals surface area contributed by atoms with Gasteiger partial charge in [0.25, 0.3) is 0 Å². The van der Waals surface area contributed by atoms with Gasteiger partial charge in [-0.3, -0.25) is 4.79 Å². The summed E-state index contributed by atoms with van der Waals surface area (Å²) in [6, 6.07) is 3.45. The highest BCUT2D eigenvalue weighted by molar-refractivity contribution is 7.10. The van der Waals surface area contributed by atoms with E-state index in [0.717, 1.165) is 10.4 Å². The molecule has 0 aromatic carbocycles. The van der Waals surface area contributed by atoms with Gasteiger partial charge in [0, 0.05) is 16.6 Å². The van der Waals surface area contributed by atoms with E-state index in [9.17, 15) is 4.79 Å². The molecule has 0 N–H and O–H groups in total. The van der Waals surface area contributed by atoms with E-state index in [1.807, 2.05) is 18.4 Å². The number of ketones is 1. The molecule has 0 bridgehead atoms. The van der Waals surface area contributed by atoms with Crippen LogP contribution in [0.1, 0.15) is 20.9 Å². The van der Waals surface area contributed by atoms with Gasteiger partial charge < -0.3 is 0 Å². The molecule has 2 heterocycles. The number of thiophene rings is 1. The van der Waals surface area contributed by atoms with E-state index in [0.29, 0.717) is 5.69 Å². The molecule has 70 valence electrons. The Morgan fingerprint density at radius 3 is 2.86 bits per heavy atom. The molecular formula is C10H8N2OS. The van der Waals surface area contributed by atoms with Crippen molar-refractivity contribution < 1.29 is 4.79 Å². The van der Waals surface area contributed by atoms with Crippen molar-refractivity contribution in [2.24, 2.45) is 0 Å². The van der Waals surface area contributed by atoms with Gasteiger partial charge in [-0.2, -0.15) is 0 Å². The van der Waals surface area contributed by atoms with Crippen LogP contribution in [0.2, 0.25) is 0 Å². The van der Waals surface area contributed by atoms with Crippen molar-refractivity contribution in [1.29, 1.82) is 0 Å². The first-order valence-electron chi connectivity index (χ1n) is 4.14. The van der Waals surface area contributed by atoms with E-state index in [4.69, 9.17) is 0 Å². The smallest absolute Gasteiger partial charge is 0.212 e. The van der Waals surface area contributed by atoms with Crippen LogP contribution in [0.4, 0.5) is 0 Å². The lowest BCUT2D eigenvalue weighted by Crippen LogP contribution is -2.03. The van der Waals surface area contributed by atoms with Crippen LogP contribution in [0.15, 0.2) is 30.0 Å². The van der Waals surface area contributed by atoms with Crippen LogP contribution < -0.4 is 0 Å². The summed E-state index contributed by atoms with van der Waals surface area (Å²) in [5.74, 6) is -0.0360. The lowest BCUT2D eigenvalue weighted by molar-refractivity contribution is 0.103. The van der Waals surface area contributed by atoms with E-state index in [1.165, 1.54) is 6.33 Å². The lowest BCUT2D eigenvalue weighted by Gasteiger charge is -1.97. The minimum atomic E-state index is -0.0360. The van der Waals surface area contributed by atoms with E-state index in [1.54, 1.807) is 23.6 Å². The molecule has 2 aromatic heterocycles. The highest BCUT2D eigenvalue weighted by Crippen LogP contribution is 2.17. The zero-order valence-electron chi connectivity index (χ0n) is 7.60. The number of rotatable bonds is 2. The highest BCUT2D eigenvalue weighted by atomic mass is 32.1. The molecule has 0 atom stereocenters. The number of nitrogens with zero attached hydrogens (tertiary/aromatic N) is 2. The van der Waals surface area contributed by atoms with Crippen LogP contribution in [-0.2, 0) is 0 Å². The van der Waals surface area contributed by atoms with Gasteiger partial charge in [0.1, 0.15) is 12.0 Å². The Kier molecular flexibility index (Phi) is 2.37. The van der Waals surface area contributed by atoms with Crippen LogP contribution in [0.3, 0.4) is 0 Å². The van der Waals surface area contributed by atoms with Crippen molar-refractivity contribution in [1.82, 2.24) is 9.97 Å². The average molecular weight is 204 g/mol. The number of carbonyl (C=O) groups is 1.